The van der Waals surface area contributed by atoms with Crippen molar-refractivity contribution in [3.63, 3.8) is 0 Å². The quantitative estimate of drug-likeness (QED) is 0.142. The number of rotatable bonds is 11. The normalized spacial score (nSPS) is 11.5. The van der Waals surface area contributed by atoms with Crippen LogP contribution in [0, 0.1) is 6.92 Å². The van der Waals surface area contributed by atoms with E-state index < -0.39 is 12.8 Å². The van der Waals surface area contributed by atoms with E-state index in [1.54, 1.807) is 19.1 Å². The van der Waals surface area contributed by atoms with Crippen molar-refractivity contribution >= 4 is 35.9 Å². The lowest BCUT2D eigenvalue weighted by Crippen LogP contribution is -2.37. The highest BCUT2D eigenvalue weighted by Crippen LogP contribution is 2.24. The van der Waals surface area contributed by atoms with Gasteiger partial charge in [0.05, 0.1) is 13.7 Å². The smallest absolute Gasteiger partial charge is 0.422 e. The molecule has 0 aliphatic carbocycles. The van der Waals surface area contributed by atoms with Crippen molar-refractivity contribution in [2.45, 2.75) is 52.3 Å². The van der Waals surface area contributed by atoms with Gasteiger partial charge in [0.1, 0.15) is 5.75 Å². The van der Waals surface area contributed by atoms with Crippen LogP contribution in [0.4, 0.5) is 13.2 Å². The summed E-state index contributed by atoms with van der Waals surface area (Å²) in [7, 11) is 1.37. The maximum Gasteiger partial charge on any atom is 0.422 e. The Labute approximate surface area is 193 Å². The second kappa shape index (κ2) is 15.1. The second-order valence-corrected chi connectivity index (χ2v) is 6.52. The van der Waals surface area contributed by atoms with Crippen LogP contribution >= 0.6 is 24.0 Å². The van der Waals surface area contributed by atoms with E-state index in [2.05, 4.69) is 20.4 Å². The van der Waals surface area contributed by atoms with Crippen LogP contribution in [-0.4, -0.2) is 44.9 Å². The number of methoxy groups -OCH3 is 1. The van der Waals surface area contributed by atoms with Gasteiger partial charge in [-0.25, -0.2) is 4.99 Å². The van der Waals surface area contributed by atoms with Gasteiger partial charge in [-0.1, -0.05) is 18.6 Å². The van der Waals surface area contributed by atoms with Crippen molar-refractivity contribution in [1.29, 1.82) is 0 Å². The predicted molar refractivity (Wildman–Crippen MR) is 121 cm³/mol. The minimum Gasteiger partial charge on any atom is -0.484 e. The molecule has 0 radical (unpaired) electrons. The number of carbonyl (C=O) groups excluding carboxylic acids is 1. The van der Waals surface area contributed by atoms with Crippen LogP contribution in [0.25, 0.3) is 0 Å². The molecular formula is C20H31F3IN3O3. The summed E-state index contributed by atoms with van der Waals surface area (Å²) in [6.07, 6.45) is -1.51. The average Bonchev–Trinajstić information content (AvgIpc) is 2.67. The molecule has 0 saturated carbocycles. The van der Waals surface area contributed by atoms with Gasteiger partial charge in [-0.15, -0.1) is 24.0 Å². The van der Waals surface area contributed by atoms with Crippen molar-refractivity contribution in [3.05, 3.63) is 29.3 Å². The number of ether oxygens (including phenoxy) is 2. The molecule has 2 N–H and O–H groups in total. The van der Waals surface area contributed by atoms with Gasteiger partial charge >= 0.3 is 12.1 Å². The summed E-state index contributed by atoms with van der Waals surface area (Å²) in [5.41, 5.74) is 1.39. The molecule has 0 atom stereocenters. The highest BCUT2D eigenvalue weighted by Gasteiger charge is 2.28. The summed E-state index contributed by atoms with van der Waals surface area (Å²) in [5.74, 6) is 0.544. The van der Waals surface area contributed by atoms with E-state index in [1.165, 1.54) is 7.11 Å². The Morgan fingerprint density at radius 2 is 1.90 bits per heavy atom. The lowest BCUT2D eigenvalue weighted by Gasteiger charge is -2.14. The maximum absolute atomic E-state index is 12.5. The Morgan fingerprint density at radius 3 is 2.53 bits per heavy atom. The molecule has 0 aromatic heterocycles. The summed E-state index contributed by atoms with van der Waals surface area (Å²) in [6.45, 7) is 3.89. The second-order valence-electron chi connectivity index (χ2n) is 6.52. The number of esters is 1. The summed E-state index contributed by atoms with van der Waals surface area (Å²) in [5, 5.41) is 6.28. The molecule has 0 saturated heterocycles. The van der Waals surface area contributed by atoms with Gasteiger partial charge in [-0.05, 0) is 38.3 Å². The predicted octanol–water partition coefficient (Wildman–Crippen LogP) is 4.34. The number of halogens is 4. The fourth-order valence-electron chi connectivity index (χ4n) is 2.47. The third-order valence-corrected chi connectivity index (χ3v) is 3.94. The van der Waals surface area contributed by atoms with E-state index in [-0.39, 0.29) is 42.2 Å². The fraction of sp³-hybridized carbons (Fsp3) is 0.600. The number of unbranched alkanes of at least 4 members (excludes halogenated alkanes) is 2. The summed E-state index contributed by atoms with van der Waals surface area (Å²) < 4.78 is 47.0. The van der Waals surface area contributed by atoms with E-state index >= 15 is 0 Å². The van der Waals surface area contributed by atoms with Crippen molar-refractivity contribution in [3.8, 4) is 5.75 Å². The fourth-order valence-corrected chi connectivity index (χ4v) is 2.47. The Kier molecular flexibility index (Phi) is 14.3. The molecule has 10 heteroatoms. The van der Waals surface area contributed by atoms with Crippen molar-refractivity contribution in [2.75, 3.05) is 26.8 Å². The molecule has 0 heterocycles. The molecule has 0 aliphatic heterocycles. The molecule has 172 valence electrons. The van der Waals surface area contributed by atoms with E-state index in [1.807, 2.05) is 13.0 Å². The van der Waals surface area contributed by atoms with Gasteiger partial charge in [0.25, 0.3) is 0 Å². The van der Waals surface area contributed by atoms with Crippen LogP contribution in [0.2, 0.25) is 0 Å². The maximum atomic E-state index is 12.5. The number of nitrogens with zero attached hydrogens (tertiary/aromatic N) is 1. The first-order valence-electron chi connectivity index (χ1n) is 9.63. The van der Waals surface area contributed by atoms with Crippen molar-refractivity contribution < 1.29 is 27.4 Å². The third kappa shape index (κ3) is 12.8. The van der Waals surface area contributed by atoms with E-state index in [4.69, 9.17) is 4.74 Å². The molecule has 0 unspecified atom stereocenters. The van der Waals surface area contributed by atoms with Crippen molar-refractivity contribution in [2.24, 2.45) is 4.99 Å². The number of alkyl halides is 3. The highest BCUT2D eigenvalue weighted by atomic mass is 127. The number of nitrogens with one attached hydrogen (secondary N) is 2. The molecule has 0 bridgehead atoms. The van der Waals surface area contributed by atoms with Crippen LogP contribution < -0.4 is 15.4 Å². The SMILES string of the molecule is CCNC(=NCc1ccc(C)cc1OCC(F)(F)F)NCCCCCC(=O)OC.I. The zero-order chi connectivity index (χ0) is 21.7. The Morgan fingerprint density at radius 1 is 1.17 bits per heavy atom. The third-order valence-electron chi connectivity index (χ3n) is 3.94. The Balaban J connectivity index is 0.00000841. The molecule has 0 aliphatic rings. The molecule has 1 rings (SSSR count). The van der Waals surface area contributed by atoms with E-state index in [0.29, 0.717) is 31.0 Å². The zero-order valence-corrected chi connectivity index (χ0v) is 19.9. The largest absolute Gasteiger partial charge is 0.484 e. The number of aliphatic imine (C=N–C) groups is 1. The number of hydrogen-bond donors (Lipinski definition) is 2. The minimum absolute atomic E-state index is 0. The standard InChI is InChI=1S/C20H30F3N3O3.HI/c1-4-24-19(25-11-7-5-6-8-18(27)28-3)26-13-16-10-9-15(2)12-17(16)29-14-20(21,22)23;/h9-10,12H,4-8,11,13-14H2,1-3H3,(H2,24,25,26);1H. The van der Waals surface area contributed by atoms with Crippen LogP contribution in [0.1, 0.15) is 43.7 Å². The van der Waals surface area contributed by atoms with Crippen LogP contribution in [-0.2, 0) is 16.1 Å². The molecule has 1 aromatic carbocycles. The van der Waals surface area contributed by atoms with Gasteiger partial charge in [-0.2, -0.15) is 13.2 Å². The minimum atomic E-state index is -4.39. The lowest BCUT2D eigenvalue weighted by molar-refractivity contribution is -0.153. The Bertz CT molecular complexity index is 670. The topological polar surface area (TPSA) is 72.0 Å². The van der Waals surface area contributed by atoms with Gasteiger partial charge in [0, 0.05) is 25.1 Å². The summed E-state index contributed by atoms with van der Waals surface area (Å²) in [6, 6.07) is 5.12. The first-order chi connectivity index (χ1) is 13.7. The van der Waals surface area contributed by atoms with Crippen LogP contribution in [0.5, 0.6) is 5.75 Å². The summed E-state index contributed by atoms with van der Waals surface area (Å²) >= 11 is 0. The highest BCUT2D eigenvalue weighted by molar-refractivity contribution is 14.0. The monoisotopic (exact) mass is 545 g/mol. The van der Waals surface area contributed by atoms with E-state index in [0.717, 1.165) is 24.8 Å². The summed E-state index contributed by atoms with van der Waals surface area (Å²) in [4.78, 5) is 15.5. The zero-order valence-electron chi connectivity index (χ0n) is 17.6. The molecular weight excluding hydrogens is 514 g/mol. The van der Waals surface area contributed by atoms with Gasteiger partial charge in [0.15, 0.2) is 12.6 Å². The van der Waals surface area contributed by atoms with Crippen molar-refractivity contribution in [1.82, 2.24) is 10.6 Å². The number of carbonyl (C=O) groups is 1. The molecule has 30 heavy (non-hydrogen) atoms. The molecule has 1 aromatic rings. The Hall–Kier alpha value is -1.72. The number of aryl methyl sites for hydroxylation is 1. The van der Waals surface area contributed by atoms with Gasteiger partial charge in [0.2, 0.25) is 0 Å². The van der Waals surface area contributed by atoms with E-state index in [9.17, 15) is 18.0 Å². The molecule has 0 amide bonds. The van der Waals surface area contributed by atoms with Gasteiger partial charge < -0.3 is 20.1 Å². The number of benzene rings is 1. The van der Waals surface area contributed by atoms with Gasteiger partial charge in [-0.3, -0.25) is 4.79 Å². The lowest BCUT2D eigenvalue weighted by atomic mass is 10.1. The molecule has 0 fully saturated rings. The average molecular weight is 545 g/mol. The molecule has 0 spiro atoms. The number of guanidine groups is 1. The number of hydrogen-bond acceptors (Lipinski definition) is 4. The first-order valence-corrected chi connectivity index (χ1v) is 9.63. The molecule has 6 nitrogen and oxygen atoms in total. The van der Waals surface area contributed by atoms with Crippen LogP contribution in [0.3, 0.4) is 0 Å². The van der Waals surface area contributed by atoms with Crippen LogP contribution in [0.15, 0.2) is 23.2 Å². The first kappa shape index (κ1) is 28.3.